The topological polar surface area (TPSA) is 11.4 Å². The number of thiophene rings is 1. The standard InChI is InChI=1S/C60H41N3S/c1-5-16-42(17-6-1)43-28-32-49(33-29-43)62(51-25-15-24-50(40-51)61(46-18-7-2-8-19-46)47-20-9-3-10-21-47)52-34-36-58-55(41-52)54-38-44(30-35-57(54)63(58)48-22-11-4-12-23-48)45-31-37-60-56(39-45)53-26-13-14-27-59(53)64-60/h1-41H. The molecule has 0 bridgehead atoms. The third-order valence-corrected chi connectivity index (χ3v) is 13.5. The van der Waals surface area contributed by atoms with Gasteiger partial charge in [-0.3, -0.25) is 0 Å². The lowest BCUT2D eigenvalue weighted by molar-refractivity contribution is 1.18. The summed E-state index contributed by atoms with van der Waals surface area (Å²) in [5, 5.41) is 5.02. The van der Waals surface area contributed by atoms with Crippen molar-refractivity contribution < 1.29 is 0 Å². The van der Waals surface area contributed by atoms with E-state index in [4.69, 9.17) is 0 Å². The third kappa shape index (κ3) is 6.69. The molecule has 0 radical (unpaired) electrons. The van der Waals surface area contributed by atoms with Gasteiger partial charge in [0.1, 0.15) is 0 Å². The maximum absolute atomic E-state index is 2.41. The van der Waals surface area contributed by atoms with E-state index in [0.29, 0.717) is 0 Å². The van der Waals surface area contributed by atoms with Crippen LogP contribution < -0.4 is 9.80 Å². The number of anilines is 6. The van der Waals surface area contributed by atoms with Gasteiger partial charge in [0.15, 0.2) is 0 Å². The van der Waals surface area contributed by atoms with Gasteiger partial charge in [0.2, 0.25) is 0 Å². The highest BCUT2D eigenvalue weighted by Crippen LogP contribution is 2.44. The van der Waals surface area contributed by atoms with Gasteiger partial charge in [0.05, 0.1) is 11.0 Å². The number of hydrogen-bond donors (Lipinski definition) is 0. The van der Waals surface area contributed by atoms with E-state index in [-0.39, 0.29) is 0 Å². The first-order chi connectivity index (χ1) is 31.7. The predicted octanol–water partition coefficient (Wildman–Crippen LogP) is 17.4. The number of nitrogens with zero attached hydrogens (tertiary/aromatic N) is 3. The van der Waals surface area contributed by atoms with Crippen molar-refractivity contribution >= 4 is 87.4 Å². The Bertz CT molecular complexity index is 3560. The van der Waals surface area contributed by atoms with Crippen molar-refractivity contribution in [2.75, 3.05) is 9.80 Å². The lowest BCUT2D eigenvalue weighted by Gasteiger charge is -2.29. The van der Waals surface area contributed by atoms with Crippen LogP contribution in [-0.4, -0.2) is 4.57 Å². The number of aromatic nitrogens is 1. The van der Waals surface area contributed by atoms with Crippen LogP contribution in [0.15, 0.2) is 249 Å². The van der Waals surface area contributed by atoms with E-state index in [9.17, 15) is 0 Å². The van der Waals surface area contributed by atoms with Crippen LogP contribution >= 0.6 is 11.3 Å². The molecular weight excluding hydrogens is 795 g/mol. The Labute approximate surface area is 376 Å². The Kier molecular flexibility index (Phi) is 9.36. The van der Waals surface area contributed by atoms with Crippen molar-refractivity contribution in [2.45, 2.75) is 0 Å². The van der Waals surface area contributed by atoms with Crippen molar-refractivity contribution in [1.82, 2.24) is 4.57 Å². The molecule has 0 amide bonds. The van der Waals surface area contributed by atoms with Gasteiger partial charge in [0.25, 0.3) is 0 Å². The van der Waals surface area contributed by atoms with Gasteiger partial charge in [-0.2, -0.15) is 0 Å². The summed E-state index contributed by atoms with van der Waals surface area (Å²) in [6, 6.07) is 90.1. The minimum Gasteiger partial charge on any atom is -0.310 e. The van der Waals surface area contributed by atoms with E-state index in [0.717, 1.165) is 45.3 Å². The maximum atomic E-state index is 2.41. The fourth-order valence-corrected chi connectivity index (χ4v) is 10.4. The monoisotopic (exact) mass is 835 g/mol. The van der Waals surface area contributed by atoms with Gasteiger partial charge in [-0.25, -0.2) is 0 Å². The number of para-hydroxylation sites is 3. The molecule has 0 saturated carbocycles. The molecule has 0 atom stereocenters. The van der Waals surface area contributed by atoms with E-state index in [1.807, 2.05) is 11.3 Å². The SMILES string of the molecule is c1ccc(-c2ccc(N(c3cccc(N(c4ccccc4)c4ccccc4)c3)c3ccc4c(c3)c3cc(-c5ccc6sc7ccccc7c6c5)ccc3n4-c3ccccc3)cc2)cc1. The molecule has 0 aliphatic carbocycles. The summed E-state index contributed by atoms with van der Waals surface area (Å²) in [7, 11) is 0. The maximum Gasteiger partial charge on any atom is 0.0542 e. The lowest BCUT2D eigenvalue weighted by atomic mass is 10.0. The van der Waals surface area contributed by atoms with Crippen molar-refractivity contribution in [3.05, 3.63) is 249 Å². The molecule has 10 aromatic carbocycles. The van der Waals surface area contributed by atoms with Crippen LogP contribution in [0, 0.1) is 0 Å². The van der Waals surface area contributed by atoms with Crippen molar-refractivity contribution in [1.29, 1.82) is 0 Å². The second kappa shape index (κ2) is 15.9. The van der Waals surface area contributed by atoms with E-state index in [1.54, 1.807) is 0 Å². The predicted molar refractivity (Wildman–Crippen MR) is 274 cm³/mol. The number of rotatable bonds is 9. The minimum atomic E-state index is 1.06. The fraction of sp³-hybridized carbons (Fsp3) is 0. The first-order valence-electron chi connectivity index (χ1n) is 21.7. The average molecular weight is 836 g/mol. The van der Waals surface area contributed by atoms with Gasteiger partial charge in [-0.05, 0) is 138 Å². The summed E-state index contributed by atoms with van der Waals surface area (Å²) in [5.74, 6) is 0. The zero-order chi connectivity index (χ0) is 42.4. The Balaban J connectivity index is 1.06. The highest BCUT2D eigenvalue weighted by Gasteiger charge is 2.21. The first-order valence-corrected chi connectivity index (χ1v) is 22.6. The van der Waals surface area contributed by atoms with Gasteiger partial charge < -0.3 is 14.4 Å². The summed E-state index contributed by atoms with van der Waals surface area (Å²) in [6.45, 7) is 0. The normalized spacial score (nSPS) is 11.4. The molecular formula is C60H41N3S. The van der Waals surface area contributed by atoms with Gasteiger partial charge >= 0.3 is 0 Å². The van der Waals surface area contributed by atoms with E-state index >= 15 is 0 Å². The molecule has 0 aliphatic rings. The van der Waals surface area contributed by atoms with Crippen molar-refractivity contribution in [2.24, 2.45) is 0 Å². The molecule has 0 N–H and O–H groups in total. The average Bonchev–Trinajstić information content (AvgIpc) is 3.90. The zero-order valence-corrected chi connectivity index (χ0v) is 35.7. The molecule has 0 spiro atoms. The summed E-state index contributed by atoms with van der Waals surface area (Å²) in [5.41, 5.74) is 14.7. The summed E-state index contributed by atoms with van der Waals surface area (Å²) in [4.78, 5) is 4.73. The summed E-state index contributed by atoms with van der Waals surface area (Å²) in [6.07, 6.45) is 0. The first kappa shape index (κ1) is 37.6. The summed E-state index contributed by atoms with van der Waals surface area (Å²) < 4.78 is 5.04. The second-order valence-electron chi connectivity index (χ2n) is 16.2. The molecule has 12 rings (SSSR count). The third-order valence-electron chi connectivity index (χ3n) is 12.3. The molecule has 2 aromatic heterocycles. The van der Waals surface area contributed by atoms with E-state index in [2.05, 4.69) is 263 Å². The number of fused-ring (bicyclic) bond motifs is 6. The van der Waals surface area contributed by atoms with Crippen LogP contribution in [0.5, 0.6) is 0 Å². The smallest absolute Gasteiger partial charge is 0.0542 e. The molecule has 0 aliphatic heterocycles. The molecule has 64 heavy (non-hydrogen) atoms. The van der Waals surface area contributed by atoms with Gasteiger partial charge in [-0.1, -0.05) is 133 Å². The quantitative estimate of drug-likeness (QED) is 0.143. The molecule has 302 valence electrons. The van der Waals surface area contributed by atoms with E-state index in [1.165, 1.54) is 58.7 Å². The lowest BCUT2D eigenvalue weighted by Crippen LogP contribution is -2.13. The summed E-state index contributed by atoms with van der Waals surface area (Å²) >= 11 is 1.86. The number of hydrogen-bond acceptors (Lipinski definition) is 3. The second-order valence-corrected chi connectivity index (χ2v) is 17.3. The molecule has 2 heterocycles. The minimum absolute atomic E-state index is 1.06. The van der Waals surface area contributed by atoms with Crippen LogP contribution in [0.1, 0.15) is 0 Å². The zero-order valence-electron chi connectivity index (χ0n) is 34.9. The van der Waals surface area contributed by atoms with Crippen LogP contribution in [0.3, 0.4) is 0 Å². The Morgan fingerprint density at radius 3 is 1.39 bits per heavy atom. The van der Waals surface area contributed by atoms with Crippen molar-refractivity contribution in [3.63, 3.8) is 0 Å². The highest BCUT2D eigenvalue weighted by molar-refractivity contribution is 7.25. The molecule has 0 unspecified atom stereocenters. The molecule has 4 heteroatoms. The van der Waals surface area contributed by atoms with Crippen LogP contribution in [0.25, 0.3) is 69.9 Å². The molecule has 3 nitrogen and oxygen atoms in total. The van der Waals surface area contributed by atoms with Crippen LogP contribution in [-0.2, 0) is 0 Å². The van der Waals surface area contributed by atoms with Gasteiger partial charge in [-0.15, -0.1) is 11.3 Å². The Morgan fingerprint density at radius 1 is 0.266 bits per heavy atom. The molecule has 0 saturated heterocycles. The number of benzene rings is 10. The Hall–Kier alpha value is -8.18. The fourth-order valence-electron chi connectivity index (χ4n) is 9.34. The largest absolute Gasteiger partial charge is 0.310 e. The van der Waals surface area contributed by atoms with Crippen molar-refractivity contribution in [3.8, 4) is 27.9 Å². The molecule has 12 aromatic rings. The van der Waals surface area contributed by atoms with E-state index < -0.39 is 0 Å². The van der Waals surface area contributed by atoms with Gasteiger partial charge in [0, 0.05) is 70.8 Å². The molecule has 0 fully saturated rings. The van der Waals surface area contributed by atoms with Crippen LogP contribution in [0.2, 0.25) is 0 Å². The highest BCUT2D eigenvalue weighted by atomic mass is 32.1. The Morgan fingerprint density at radius 2 is 0.703 bits per heavy atom. The van der Waals surface area contributed by atoms with Crippen LogP contribution in [0.4, 0.5) is 34.1 Å².